The number of hydrogen-bond acceptors (Lipinski definition) is 5. The van der Waals surface area contributed by atoms with Crippen molar-refractivity contribution in [2.45, 2.75) is 46.6 Å². The number of hydrogen-bond donors (Lipinski definition) is 1. The van der Waals surface area contributed by atoms with Crippen LogP contribution in [0, 0.1) is 13.8 Å². The van der Waals surface area contributed by atoms with Gasteiger partial charge in [0.25, 0.3) is 0 Å². The minimum atomic E-state index is -0.397. The Balaban J connectivity index is 2.00. The summed E-state index contributed by atoms with van der Waals surface area (Å²) in [5, 5.41) is 0. The van der Waals surface area contributed by atoms with Crippen LogP contribution in [0.25, 0.3) is 0 Å². The molecule has 2 heterocycles. The number of carbonyl (C=O) groups is 3. The number of amides is 1. The van der Waals surface area contributed by atoms with Gasteiger partial charge < -0.3 is 14.6 Å². The van der Waals surface area contributed by atoms with Gasteiger partial charge in [-0.15, -0.1) is 0 Å². The maximum absolute atomic E-state index is 12.7. The lowest BCUT2D eigenvalue weighted by Crippen LogP contribution is -2.46. The summed E-state index contributed by atoms with van der Waals surface area (Å²) in [5.74, 6) is -0.353. The van der Waals surface area contributed by atoms with Crippen molar-refractivity contribution in [3.05, 3.63) is 22.5 Å². The molecular formula is C19H29N3O4. The number of likely N-dealkylation sites (tertiary alicyclic amines) is 1. The van der Waals surface area contributed by atoms with Crippen LogP contribution < -0.4 is 0 Å². The van der Waals surface area contributed by atoms with Gasteiger partial charge in [-0.05, 0) is 39.2 Å². The molecule has 1 N–H and O–H groups in total. The Morgan fingerprint density at radius 2 is 1.85 bits per heavy atom. The third-order valence-corrected chi connectivity index (χ3v) is 5.16. The molecule has 1 fully saturated rings. The summed E-state index contributed by atoms with van der Waals surface area (Å²) < 4.78 is 5.07. The minimum Gasteiger partial charge on any atom is -0.462 e. The number of carbonyl (C=O) groups excluding carboxylic acids is 3. The van der Waals surface area contributed by atoms with Gasteiger partial charge in [0.1, 0.15) is 0 Å². The zero-order valence-electron chi connectivity index (χ0n) is 16.3. The molecular weight excluding hydrogens is 334 g/mol. The lowest BCUT2D eigenvalue weighted by atomic mass is 10.0. The van der Waals surface area contributed by atoms with Gasteiger partial charge in [0.05, 0.1) is 24.4 Å². The van der Waals surface area contributed by atoms with Crippen LogP contribution in [-0.4, -0.2) is 71.8 Å². The van der Waals surface area contributed by atoms with E-state index < -0.39 is 5.97 Å². The Morgan fingerprint density at radius 3 is 2.38 bits per heavy atom. The summed E-state index contributed by atoms with van der Waals surface area (Å²) in [7, 11) is 1.83. The Bertz CT molecular complexity index is 687. The van der Waals surface area contributed by atoms with Gasteiger partial charge in [0, 0.05) is 38.8 Å². The monoisotopic (exact) mass is 363 g/mol. The normalized spacial score (nSPS) is 15.7. The Labute approximate surface area is 154 Å². The van der Waals surface area contributed by atoms with E-state index >= 15 is 0 Å². The van der Waals surface area contributed by atoms with E-state index in [2.05, 4.69) is 9.88 Å². The highest BCUT2D eigenvalue weighted by atomic mass is 16.5. The molecule has 0 aliphatic carbocycles. The first-order valence-corrected chi connectivity index (χ1v) is 9.11. The third-order valence-electron chi connectivity index (χ3n) is 5.16. The molecule has 1 aromatic rings. The van der Waals surface area contributed by atoms with Crippen molar-refractivity contribution < 1.29 is 19.1 Å². The molecule has 0 aromatic carbocycles. The average Bonchev–Trinajstić information content (AvgIpc) is 2.89. The maximum Gasteiger partial charge on any atom is 0.340 e. The largest absolute Gasteiger partial charge is 0.462 e. The van der Waals surface area contributed by atoms with Gasteiger partial charge >= 0.3 is 5.97 Å². The van der Waals surface area contributed by atoms with Gasteiger partial charge in [-0.3, -0.25) is 14.5 Å². The molecule has 0 radical (unpaired) electrons. The smallest absolute Gasteiger partial charge is 0.340 e. The molecule has 26 heavy (non-hydrogen) atoms. The van der Waals surface area contributed by atoms with Crippen LogP contribution in [0.15, 0.2) is 0 Å². The van der Waals surface area contributed by atoms with Crippen molar-refractivity contribution in [3.63, 3.8) is 0 Å². The van der Waals surface area contributed by atoms with Crippen LogP contribution in [0.2, 0.25) is 0 Å². The van der Waals surface area contributed by atoms with Crippen molar-refractivity contribution in [1.82, 2.24) is 14.8 Å². The average molecular weight is 363 g/mol. The predicted octanol–water partition coefficient (Wildman–Crippen LogP) is 1.93. The summed E-state index contributed by atoms with van der Waals surface area (Å²) in [6, 6.07) is 0.240. The van der Waals surface area contributed by atoms with Crippen LogP contribution >= 0.6 is 0 Å². The number of ketones is 1. The molecule has 2 rings (SSSR count). The fraction of sp³-hybridized carbons (Fsp3) is 0.632. The number of aryl methyl sites for hydroxylation is 1. The molecule has 1 saturated heterocycles. The lowest BCUT2D eigenvalue weighted by Gasteiger charge is -2.36. The number of piperidine rings is 1. The molecule has 0 spiro atoms. The number of nitrogens with zero attached hydrogens (tertiary/aromatic N) is 2. The number of aromatic nitrogens is 1. The maximum atomic E-state index is 12.7. The molecule has 7 nitrogen and oxygen atoms in total. The topological polar surface area (TPSA) is 82.7 Å². The SMILES string of the molecule is CCOC(=O)c1c(C)[nH]c(C(=O)CN2CCC(N(C)C(C)=O)CC2)c1C. The van der Waals surface area contributed by atoms with E-state index in [1.807, 2.05) is 7.05 Å². The number of esters is 1. The highest BCUT2D eigenvalue weighted by Crippen LogP contribution is 2.21. The van der Waals surface area contributed by atoms with Crippen LogP contribution in [0.3, 0.4) is 0 Å². The first-order chi connectivity index (χ1) is 12.3. The summed E-state index contributed by atoms with van der Waals surface area (Å²) in [6.07, 6.45) is 1.72. The van der Waals surface area contributed by atoms with E-state index in [9.17, 15) is 14.4 Å². The fourth-order valence-electron chi connectivity index (χ4n) is 3.54. The number of ether oxygens (including phenoxy) is 1. The lowest BCUT2D eigenvalue weighted by molar-refractivity contribution is -0.130. The number of nitrogens with one attached hydrogen (secondary N) is 1. The van der Waals surface area contributed by atoms with Crippen molar-refractivity contribution in [2.24, 2.45) is 0 Å². The van der Waals surface area contributed by atoms with Gasteiger partial charge in [0.15, 0.2) is 5.78 Å². The standard InChI is InChI=1S/C19H29N3O4/c1-6-26-19(25)17-12(2)18(20-13(17)3)16(24)11-22-9-7-15(8-10-22)21(5)14(4)23/h15,20H,6-11H2,1-5H3. The number of rotatable bonds is 6. The van der Waals surface area contributed by atoms with Crippen LogP contribution in [0.5, 0.6) is 0 Å². The van der Waals surface area contributed by atoms with Crippen LogP contribution in [0.1, 0.15) is 58.8 Å². The van der Waals surface area contributed by atoms with E-state index in [4.69, 9.17) is 4.74 Å². The number of aromatic amines is 1. The Morgan fingerprint density at radius 1 is 1.23 bits per heavy atom. The van der Waals surface area contributed by atoms with Crippen LogP contribution in [-0.2, 0) is 9.53 Å². The Kier molecular flexibility index (Phi) is 6.58. The fourth-order valence-corrected chi connectivity index (χ4v) is 3.54. The highest BCUT2D eigenvalue weighted by Gasteiger charge is 2.27. The van der Waals surface area contributed by atoms with Gasteiger partial charge in [-0.25, -0.2) is 4.79 Å². The van der Waals surface area contributed by atoms with Crippen LogP contribution in [0.4, 0.5) is 0 Å². The zero-order chi connectivity index (χ0) is 19.4. The molecule has 1 aliphatic rings. The second-order valence-corrected chi connectivity index (χ2v) is 6.91. The van der Waals surface area contributed by atoms with Crippen molar-refractivity contribution in [3.8, 4) is 0 Å². The quantitative estimate of drug-likeness (QED) is 0.617. The van der Waals surface area contributed by atoms with Crippen molar-refractivity contribution in [1.29, 1.82) is 0 Å². The van der Waals surface area contributed by atoms with Crippen molar-refractivity contribution in [2.75, 3.05) is 33.3 Å². The van der Waals surface area contributed by atoms with E-state index in [0.29, 0.717) is 35.7 Å². The number of H-pyrrole nitrogens is 1. The van der Waals surface area contributed by atoms with Gasteiger partial charge in [-0.1, -0.05) is 0 Å². The first-order valence-electron chi connectivity index (χ1n) is 9.11. The zero-order valence-corrected chi connectivity index (χ0v) is 16.3. The molecule has 0 atom stereocenters. The minimum absolute atomic E-state index is 0.0282. The van der Waals surface area contributed by atoms with Crippen molar-refractivity contribution >= 4 is 17.7 Å². The predicted molar refractivity (Wildman–Crippen MR) is 98.5 cm³/mol. The second-order valence-electron chi connectivity index (χ2n) is 6.91. The van der Waals surface area contributed by atoms with E-state index in [1.54, 1.807) is 32.6 Å². The summed E-state index contributed by atoms with van der Waals surface area (Å²) in [5.41, 5.74) is 2.24. The first kappa shape index (κ1) is 20.2. The molecule has 1 aliphatic heterocycles. The molecule has 1 aromatic heterocycles. The van der Waals surface area contributed by atoms with Gasteiger partial charge in [-0.2, -0.15) is 0 Å². The Hall–Kier alpha value is -2.15. The van der Waals surface area contributed by atoms with E-state index in [-0.39, 0.29) is 17.7 Å². The van der Waals surface area contributed by atoms with E-state index in [0.717, 1.165) is 25.9 Å². The molecule has 0 unspecified atom stereocenters. The molecule has 1 amide bonds. The molecule has 144 valence electrons. The summed E-state index contributed by atoms with van der Waals surface area (Å²) in [6.45, 7) is 9.04. The van der Waals surface area contributed by atoms with E-state index in [1.165, 1.54) is 0 Å². The third kappa shape index (κ3) is 4.33. The van der Waals surface area contributed by atoms with Gasteiger partial charge in [0.2, 0.25) is 5.91 Å². The molecule has 0 saturated carbocycles. The second kappa shape index (κ2) is 8.49. The highest BCUT2D eigenvalue weighted by molar-refractivity contribution is 6.02. The summed E-state index contributed by atoms with van der Waals surface area (Å²) >= 11 is 0. The summed E-state index contributed by atoms with van der Waals surface area (Å²) in [4.78, 5) is 43.2. The molecule has 0 bridgehead atoms. The molecule has 7 heteroatoms. The number of Topliss-reactive ketones (excluding diaryl/α,β-unsaturated/α-hetero) is 1.